The van der Waals surface area contributed by atoms with E-state index in [1.165, 1.54) is 0 Å². The van der Waals surface area contributed by atoms with E-state index in [2.05, 4.69) is 5.32 Å². The molecule has 94 valence electrons. The predicted molar refractivity (Wildman–Crippen MR) is 66.0 cm³/mol. The van der Waals surface area contributed by atoms with E-state index in [-0.39, 0.29) is 5.56 Å². The molecule has 0 aliphatic heterocycles. The van der Waals surface area contributed by atoms with Crippen molar-refractivity contribution in [3.8, 4) is 0 Å². The molecule has 0 amide bonds. The first-order chi connectivity index (χ1) is 7.94. The average molecular weight is 237 g/mol. The Morgan fingerprint density at radius 1 is 1.35 bits per heavy atom. The molecule has 0 bridgehead atoms. The van der Waals surface area contributed by atoms with E-state index in [0.717, 1.165) is 5.56 Å². The van der Waals surface area contributed by atoms with Gasteiger partial charge in [0.1, 0.15) is 0 Å². The zero-order valence-corrected chi connectivity index (χ0v) is 10.2. The Kier molecular flexibility index (Phi) is 4.66. The van der Waals surface area contributed by atoms with Gasteiger partial charge in [0, 0.05) is 13.1 Å². The van der Waals surface area contributed by atoms with Crippen molar-refractivity contribution >= 4 is 5.97 Å². The fraction of sp³-hybridized carbons (Fsp3) is 0.462. The highest BCUT2D eigenvalue weighted by atomic mass is 16.4. The van der Waals surface area contributed by atoms with E-state index < -0.39 is 11.6 Å². The molecular weight excluding hydrogens is 218 g/mol. The molecule has 0 saturated carbocycles. The fourth-order valence-corrected chi connectivity index (χ4v) is 1.37. The van der Waals surface area contributed by atoms with Gasteiger partial charge in [0.15, 0.2) is 0 Å². The lowest BCUT2D eigenvalue weighted by molar-refractivity contribution is 0.0555. The summed E-state index contributed by atoms with van der Waals surface area (Å²) >= 11 is 0. The van der Waals surface area contributed by atoms with Gasteiger partial charge < -0.3 is 15.5 Å². The molecule has 4 nitrogen and oxygen atoms in total. The normalized spacial score (nSPS) is 14.3. The van der Waals surface area contributed by atoms with E-state index >= 15 is 0 Å². The molecule has 0 heterocycles. The van der Waals surface area contributed by atoms with Gasteiger partial charge in [-0.1, -0.05) is 19.1 Å². The van der Waals surface area contributed by atoms with Crippen LogP contribution in [-0.2, 0) is 6.54 Å². The van der Waals surface area contributed by atoms with Gasteiger partial charge >= 0.3 is 5.97 Å². The van der Waals surface area contributed by atoms with Crippen LogP contribution in [0.5, 0.6) is 0 Å². The summed E-state index contributed by atoms with van der Waals surface area (Å²) in [4.78, 5) is 10.6. The first-order valence-corrected chi connectivity index (χ1v) is 5.70. The van der Waals surface area contributed by atoms with Crippen molar-refractivity contribution in [2.24, 2.45) is 0 Å². The molecule has 4 heteroatoms. The second kappa shape index (κ2) is 5.80. The highest BCUT2D eigenvalue weighted by Crippen LogP contribution is 2.08. The Balaban J connectivity index is 2.45. The van der Waals surface area contributed by atoms with Gasteiger partial charge in [-0.2, -0.15) is 0 Å². The summed E-state index contributed by atoms with van der Waals surface area (Å²) in [7, 11) is 0. The lowest BCUT2D eigenvalue weighted by Gasteiger charge is -2.21. The van der Waals surface area contributed by atoms with Gasteiger partial charge in [0.25, 0.3) is 0 Å². The molecule has 1 aromatic rings. The van der Waals surface area contributed by atoms with Crippen LogP contribution in [0.4, 0.5) is 0 Å². The second-order valence-corrected chi connectivity index (χ2v) is 4.46. The second-order valence-electron chi connectivity index (χ2n) is 4.46. The van der Waals surface area contributed by atoms with Crippen LogP contribution in [0.15, 0.2) is 24.3 Å². The molecule has 1 unspecified atom stereocenters. The van der Waals surface area contributed by atoms with Crippen molar-refractivity contribution < 1.29 is 15.0 Å². The summed E-state index contributed by atoms with van der Waals surface area (Å²) in [6, 6.07) is 6.71. The molecule has 1 aromatic carbocycles. The maximum atomic E-state index is 10.6. The number of aliphatic hydroxyl groups is 1. The van der Waals surface area contributed by atoms with Crippen molar-refractivity contribution in [3.63, 3.8) is 0 Å². The van der Waals surface area contributed by atoms with Crippen LogP contribution in [0.25, 0.3) is 0 Å². The molecule has 0 aliphatic rings. The van der Waals surface area contributed by atoms with Gasteiger partial charge in [0.05, 0.1) is 11.2 Å². The smallest absolute Gasteiger partial charge is 0.335 e. The third-order valence-corrected chi connectivity index (χ3v) is 2.80. The molecule has 0 fully saturated rings. The Morgan fingerprint density at radius 3 is 2.41 bits per heavy atom. The minimum atomic E-state index is -0.918. The van der Waals surface area contributed by atoms with Crippen molar-refractivity contribution in [1.82, 2.24) is 5.32 Å². The molecular formula is C13H19NO3. The largest absolute Gasteiger partial charge is 0.478 e. The number of rotatable bonds is 6. The number of nitrogens with one attached hydrogen (secondary N) is 1. The number of hydrogen-bond acceptors (Lipinski definition) is 3. The Bertz CT molecular complexity index is 371. The molecule has 0 aromatic heterocycles. The monoisotopic (exact) mass is 237 g/mol. The van der Waals surface area contributed by atoms with Crippen LogP contribution < -0.4 is 5.32 Å². The average Bonchev–Trinajstić information content (AvgIpc) is 2.29. The minimum absolute atomic E-state index is 0.286. The molecule has 3 N–H and O–H groups in total. The summed E-state index contributed by atoms with van der Waals surface area (Å²) in [6.45, 7) is 4.86. The highest BCUT2D eigenvalue weighted by Gasteiger charge is 2.16. The number of carboxylic acid groups (broad SMARTS) is 1. The van der Waals surface area contributed by atoms with Crippen LogP contribution >= 0.6 is 0 Å². The van der Waals surface area contributed by atoms with Crippen LogP contribution in [0.2, 0.25) is 0 Å². The predicted octanol–water partition coefficient (Wildman–Crippen LogP) is 1.64. The SMILES string of the molecule is CCC(C)(O)CNCc1ccc(C(=O)O)cc1. The Labute approximate surface area is 101 Å². The minimum Gasteiger partial charge on any atom is -0.478 e. The molecule has 0 saturated heterocycles. The third kappa shape index (κ3) is 4.54. The molecule has 17 heavy (non-hydrogen) atoms. The third-order valence-electron chi connectivity index (χ3n) is 2.80. The summed E-state index contributed by atoms with van der Waals surface area (Å²) in [5, 5.41) is 21.7. The number of carbonyl (C=O) groups is 1. The van der Waals surface area contributed by atoms with Gasteiger partial charge in [-0.15, -0.1) is 0 Å². The number of carboxylic acids is 1. The van der Waals surface area contributed by atoms with Crippen LogP contribution in [-0.4, -0.2) is 28.3 Å². The molecule has 1 rings (SSSR count). The van der Waals surface area contributed by atoms with E-state index in [9.17, 15) is 9.90 Å². The lowest BCUT2D eigenvalue weighted by Crippen LogP contribution is -2.36. The maximum absolute atomic E-state index is 10.6. The Morgan fingerprint density at radius 2 is 1.94 bits per heavy atom. The van der Waals surface area contributed by atoms with Gasteiger partial charge in [-0.25, -0.2) is 4.79 Å². The van der Waals surface area contributed by atoms with Crippen molar-refractivity contribution in [2.75, 3.05) is 6.54 Å². The van der Waals surface area contributed by atoms with Crippen molar-refractivity contribution in [2.45, 2.75) is 32.4 Å². The van der Waals surface area contributed by atoms with Gasteiger partial charge in [-0.3, -0.25) is 0 Å². The van der Waals surface area contributed by atoms with E-state index in [0.29, 0.717) is 19.5 Å². The quantitative estimate of drug-likeness (QED) is 0.703. The maximum Gasteiger partial charge on any atom is 0.335 e. The van der Waals surface area contributed by atoms with E-state index in [4.69, 9.17) is 5.11 Å². The van der Waals surface area contributed by atoms with Crippen LogP contribution in [0.3, 0.4) is 0 Å². The van der Waals surface area contributed by atoms with E-state index in [1.54, 1.807) is 31.2 Å². The molecule has 0 spiro atoms. The standard InChI is InChI=1S/C13H19NO3/c1-3-13(2,17)9-14-8-10-4-6-11(7-5-10)12(15)16/h4-7,14,17H,3,8-9H2,1-2H3,(H,15,16). The van der Waals surface area contributed by atoms with Gasteiger partial charge in [0.2, 0.25) is 0 Å². The first-order valence-electron chi connectivity index (χ1n) is 5.70. The molecule has 1 atom stereocenters. The van der Waals surface area contributed by atoms with Crippen molar-refractivity contribution in [3.05, 3.63) is 35.4 Å². The molecule has 0 radical (unpaired) electrons. The van der Waals surface area contributed by atoms with Crippen LogP contribution in [0.1, 0.15) is 36.2 Å². The summed E-state index contributed by atoms with van der Waals surface area (Å²) in [5.41, 5.74) is 0.595. The summed E-state index contributed by atoms with van der Waals surface area (Å²) < 4.78 is 0. The lowest BCUT2D eigenvalue weighted by atomic mass is 10.0. The zero-order valence-electron chi connectivity index (χ0n) is 10.2. The number of benzene rings is 1. The van der Waals surface area contributed by atoms with E-state index in [1.807, 2.05) is 6.92 Å². The topological polar surface area (TPSA) is 69.6 Å². The summed E-state index contributed by atoms with van der Waals surface area (Å²) in [6.07, 6.45) is 0.692. The first kappa shape index (κ1) is 13.7. The molecule has 0 aliphatic carbocycles. The highest BCUT2D eigenvalue weighted by molar-refractivity contribution is 5.87. The number of aromatic carboxylic acids is 1. The number of hydrogen-bond donors (Lipinski definition) is 3. The van der Waals surface area contributed by atoms with Gasteiger partial charge in [-0.05, 0) is 31.0 Å². The Hall–Kier alpha value is -1.39. The fourth-order valence-electron chi connectivity index (χ4n) is 1.37. The van der Waals surface area contributed by atoms with Crippen LogP contribution in [0, 0.1) is 0 Å². The zero-order chi connectivity index (χ0) is 12.9. The summed E-state index contributed by atoms with van der Waals surface area (Å²) in [5.74, 6) is -0.918. The van der Waals surface area contributed by atoms with Crippen molar-refractivity contribution in [1.29, 1.82) is 0 Å².